The lowest BCUT2D eigenvalue weighted by molar-refractivity contribution is 0.559. The summed E-state index contributed by atoms with van der Waals surface area (Å²) >= 11 is 3.33. The molecule has 1 aromatic heterocycles. The molecule has 1 heterocycles. The van der Waals surface area contributed by atoms with Gasteiger partial charge in [-0.2, -0.15) is 5.10 Å². The molecule has 3 N–H and O–H groups in total. The second kappa shape index (κ2) is 5.60. The standard InChI is InChI=1S/C12H14BrFN4/c1-2-18-7-8(6-16-18)12(17-15)10-5-9(13)3-4-11(10)14/h3-7,12,17H,2,15H2,1H3. The smallest absolute Gasteiger partial charge is 0.128 e. The molecule has 0 fully saturated rings. The highest BCUT2D eigenvalue weighted by Crippen LogP contribution is 2.26. The molecule has 1 atom stereocenters. The SMILES string of the molecule is CCn1cc(C(NN)c2cc(Br)ccc2F)cn1. The van der Waals surface area contributed by atoms with Gasteiger partial charge in [0.1, 0.15) is 5.82 Å². The molecule has 0 spiro atoms. The largest absolute Gasteiger partial charge is 0.273 e. The van der Waals surface area contributed by atoms with Gasteiger partial charge in [-0.3, -0.25) is 10.5 Å². The number of nitrogens with two attached hydrogens (primary N) is 1. The number of nitrogens with one attached hydrogen (secondary N) is 1. The fourth-order valence-electron chi connectivity index (χ4n) is 1.80. The summed E-state index contributed by atoms with van der Waals surface area (Å²) in [6.07, 6.45) is 3.54. The van der Waals surface area contributed by atoms with Gasteiger partial charge in [0.2, 0.25) is 0 Å². The van der Waals surface area contributed by atoms with E-state index in [-0.39, 0.29) is 5.82 Å². The predicted octanol–water partition coefficient (Wildman–Crippen LogP) is 2.36. The Bertz CT molecular complexity index is 541. The second-order valence-electron chi connectivity index (χ2n) is 3.89. The van der Waals surface area contributed by atoms with Crippen molar-refractivity contribution in [3.8, 4) is 0 Å². The van der Waals surface area contributed by atoms with Gasteiger partial charge in [-0.05, 0) is 25.1 Å². The maximum atomic E-state index is 13.8. The number of hydrogen-bond donors (Lipinski definition) is 2. The minimum Gasteiger partial charge on any atom is -0.273 e. The third-order valence-electron chi connectivity index (χ3n) is 2.75. The van der Waals surface area contributed by atoms with E-state index < -0.39 is 6.04 Å². The molecule has 0 amide bonds. The molecule has 0 aliphatic carbocycles. The summed E-state index contributed by atoms with van der Waals surface area (Å²) in [7, 11) is 0. The summed E-state index contributed by atoms with van der Waals surface area (Å²) in [6.45, 7) is 2.75. The number of aryl methyl sites for hydroxylation is 1. The van der Waals surface area contributed by atoms with Crippen LogP contribution in [0.3, 0.4) is 0 Å². The van der Waals surface area contributed by atoms with Crippen LogP contribution >= 0.6 is 15.9 Å². The van der Waals surface area contributed by atoms with Crippen molar-refractivity contribution in [1.82, 2.24) is 15.2 Å². The molecule has 0 aliphatic rings. The number of halogens is 2. The minimum absolute atomic E-state index is 0.301. The normalized spacial score (nSPS) is 12.7. The van der Waals surface area contributed by atoms with Crippen molar-refractivity contribution in [3.63, 3.8) is 0 Å². The zero-order valence-corrected chi connectivity index (χ0v) is 11.5. The van der Waals surface area contributed by atoms with Gasteiger partial charge in [0.05, 0.1) is 12.2 Å². The van der Waals surface area contributed by atoms with E-state index in [0.717, 1.165) is 16.6 Å². The number of benzene rings is 1. The molecule has 0 radical (unpaired) electrons. The lowest BCUT2D eigenvalue weighted by atomic mass is 10.0. The molecule has 0 aliphatic heterocycles. The Balaban J connectivity index is 2.41. The van der Waals surface area contributed by atoms with Crippen molar-refractivity contribution in [2.75, 3.05) is 0 Å². The number of hydrazine groups is 1. The molecule has 0 saturated heterocycles. The third kappa shape index (κ3) is 2.60. The Morgan fingerprint density at radius 2 is 2.33 bits per heavy atom. The molecule has 96 valence electrons. The summed E-state index contributed by atoms with van der Waals surface area (Å²) in [5, 5.41) is 4.17. The Morgan fingerprint density at radius 1 is 1.56 bits per heavy atom. The second-order valence-corrected chi connectivity index (χ2v) is 4.81. The van der Waals surface area contributed by atoms with Gasteiger partial charge in [-0.1, -0.05) is 15.9 Å². The lowest BCUT2D eigenvalue weighted by Crippen LogP contribution is -2.29. The summed E-state index contributed by atoms with van der Waals surface area (Å²) in [4.78, 5) is 0. The number of nitrogens with zero attached hydrogens (tertiary/aromatic N) is 2. The zero-order chi connectivity index (χ0) is 13.1. The molecule has 0 saturated carbocycles. The van der Waals surface area contributed by atoms with Crippen LogP contribution in [0.15, 0.2) is 35.1 Å². The Labute approximate surface area is 113 Å². The van der Waals surface area contributed by atoms with Crippen LogP contribution in [0.1, 0.15) is 24.1 Å². The third-order valence-corrected chi connectivity index (χ3v) is 3.24. The fraction of sp³-hybridized carbons (Fsp3) is 0.250. The lowest BCUT2D eigenvalue weighted by Gasteiger charge is -2.15. The van der Waals surface area contributed by atoms with Gasteiger partial charge in [0, 0.05) is 28.3 Å². The van der Waals surface area contributed by atoms with E-state index in [0.29, 0.717) is 5.56 Å². The number of rotatable bonds is 4. The van der Waals surface area contributed by atoms with Crippen molar-refractivity contribution in [3.05, 3.63) is 52.0 Å². The van der Waals surface area contributed by atoms with E-state index in [1.807, 2.05) is 13.1 Å². The zero-order valence-electron chi connectivity index (χ0n) is 9.90. The first-order chi connectivity index (χ1) is 8.65. The number of hydrogen-bond acceptors (Lipinski definition) is 3. The maximum absolute atomic E-state index is 13.8. The topological polar surface area (TPSA) is 55.9 Å². The molecule has 2 rings (SSSR count). The minimum atomic E-state index is -0.414. The van der Waals surface area contributed by atoms with Gasteiger partial charge in [-0.25, -0.2) is 9.82 Å². The van der Waals surface area contributed by atoms with Crippen molar-refractivity contribution < 1.29 is 4.39 Å². The van der Waals surface area contributed by atoms with Crippen LogP contribution in [0.2, 0.25) is 0 Å². The van der Waals surface area contributed by atoms with Gasteiger partial charge >= 0.3 is 0 Å². The van der Waals surface area contributed by atoms with E-state index in [1.54, 1.807) is 23.0 Å². The summed E-state index contributed by atoms with van der Waals surface area (Å²) in [5.74, 6) is 5.24. The van der Waals surface area contributed by atoms with Crippen molar-refractivity contribution >= 4 is 15.9 Å². The average Bonchev–Trinajstić information content (AvgIpc) is 2.83. The first kappa shape index (κ1) is 13.2. The maximum Gasteiger partial charge on any atom is 0.128 e. The molecule has 1 unspecified atom stereocenters. The van der Waals surface area contributed by atoms with Crippen molar-refractivity contribution in [2.24, 2.45) is 5.84 Å². The number of aromatic nitrogens is 2. The van der Waals surface area contributed by atoms with Gasteiger partial charge < -0.3 is 0 Å². The van der Waals surface area contributed by atoms with E-state index >= 15 is 0 Å². The molecule has 2 aromatic rings. The van der Waals surface area contributed by atoms with Crippen LogP contribution in [0, 0.1) is 5.82 Å². The highest BCUT2D eigenvalue weighted by Gasteiger charge is 2.18. The van der Waals surface area contributed by atoms with Crippen LogP contribution in [-0.4, -0.2) is 9.78 Å². The Hall–Kier alpha value is -1.24. The van der Waals surface area contributed by atoms with Gasteiger partial charge in [0.25, 0.3) is 0 Å². The highest BCUT2D eigenvalue weighted by molar-refractivity contribution is 9.10. The molecular formula is C12H14BrFN4. The molecule has 6 heteroatoms. The van der Waals surface area contributed by atoms with Crippen LogP contribution in [0.25, 0.3) is 0 Å². The van der Waals surface area contributed by atoms with Crippen molar-refractivity contribution in [1.29, 1.82) is 0 Å². The Kier molecular flexibility index (Phi) is 4.11. The monoisotopic (exact) mass is 312 g/mol. The van der Waals surface area contributed by atoms with Gasteiger partial charge in [0.15, 0.2) is 0 Å². The Morgan fingerprint density at radius 3 is 2.94 bits per heavy atom. The molecule has 0 bridgehead atoms. The van der Waals surface area contributed by atoms with Crippen LogP contribution in [-0.2, 0) is 6.54 Å². The summed E-state index contributed by atoms with van der Waals surface area (Å²) in [5.41, 5.74) is 3.94. The molecule has 4 nitrogen and oxygen atoms in total. The van der Waals surface area contributed by atoms with E-state index in [9.17, 15) is 4.39 Å². The first-order valence-electron chi connectivity index (χ1n) is 5.59. The van der Waals surface area contributed by atoms with Crippen LogP contribution in [0.5, 0.6) is 0 Å². The van der Waals surface area contributed by atoms with E-state index in [1.165, 1.54) is 6.07 Å². The molecule has 18 heavy (non-hydrogen) atoms. The first-order valence-corrected chi connectivity index (χ1v) is 6.38. The van der Waals surface area contributed by atoms with Gasteiger partial charge in [-0.15, -0.1) is 0 Å². The molecular weight excluding hydrogens is 299 g/mol. The van der Waals surface area contributed by atoms with E-state index in [2.05, 4.69) is 26.5 Å². The van der Waals surface area contributed by atoms with Crippen LogP contribution in [0.4, 0.5) is 4.39 Å². The summed E-state index contributed by atoms with van der Waals surface area (Å²) < 4.78 is 16.4. The highest BCUT2D eigenvalue weighted by atomic mass is 79.9. The molecule has 1 aromatic carbocycles. The predicted molar refractivity (Wildman–Crippen MR) is 71.2 cm³/mol. The van der Waals surface area contributed by atoms with E-state index in [4.69, 9.17) is 5.84 Å². The summed E-state index contributed by atoms with van der Waals surface area (Å²) in [6, 6.07) is 4.36. The quantitative estimate of drug-likeness (QED) is 0.673. The average molecular weight is 313 g/mol. The van der Waals surface area contributed by atoms with Crippen LogP contribution < -0.4 is 11.3 Å². The fourth-order valence-corrected chi connectivity index (χ4v) is 2.18. The van der Waals surface area contributed by atoms with Crippen molar-refractivity contribution in [2.45, 2.75) is 19.5 Å².